The van der Waals surface area contributed by atoms with Crippen LogP contribution in [0.25, 0.3) is 0 Å². The molecule has 0 aliphatic heterocycles. The van der Waals surface area contributed by atoms with Gasteiger partial charge in [-0.15, -0.1) is 6.58 Å². The highest BCUT2D eigenvalue weighted by molar-refractivity contribution is 5.04. The first-order chi connectivity index (χ1) is 8.14. The van der Waals surface area contributed by atoms with Gasteiger partial charge in [-0.05, 0) is 46.1 Å². The van der Waals surface area contributed by atoms with E-state index in [-0.39, 0.29) is 11.2 Å². The number of ether oxygens (including phenoxy) is 2. The first kappa shape index (κ1) is 17.0. The fraction of sp³-hybridized carbons (Fsp3) is 0.625. The second-order valence-electron chi connectivity index (χ2n) is 5.84. The summed E-state index contributed by atoms with van der Waals surface area (Å²) in [5, 5.41) is 0. The summed E-state index contributed by atoms with van der Waals surface area (Å²) in [7, 11) is 0. The molecule has 0 aromatic carbocycles. The Balaban J connectivity index is 4.53. The smallest absolute Gasteiger partial charge is 0.112 e. The van der Waals surface area contributed by atoms with E-state index in [1.807, 2.05) is 0 Å². The normalized spacial score (nSPS) is 13.8. The van der Waals surface area contributed by atoms with Crippen LogP contribution in [0.15, 0.2) is 37.6 Å². The van der Waals surface area contributed by atoms with E-state index in [2.05, 4.69) is 54.4 Å². The first-order valence-corrected chi connectivity index (χ1v) is 6.40. The van der Waals surface area contributed by atoms with Gasteiger partial charge in [0, 0.05) is 0 Å². The van der Waals surface area contributed by atoms with E-state index >= 15 is 0 Å². The van der Waals surface area contributed by atoms with Crippen LogP contribution in [-0.4, -0.2) is 17.8 Å². The van der Waals surface area contributed by atoms with Crippen molar-refractivity contribution in [3.05, 3.63) is 37.6 Å². The molecule has 1 unspecified atom stereocenters. The molecule has 18 heavy (non-hydrogen) atoms. The van der Waals surface area contributed by atoms with Crippen LogP contribution < -0.4 is 0 Å². The monoisotopic (exact) mass is 252 g/mol. The Bertz CT molecular complexity index is 300. The Kier molecular flexibility index (Phi) is 6.41. The number of rotatable bonds is 9. The molecule has 0 aromatic heterocycles. The summed E-state index contributed by atoms with van der Waals surface area (Å²) in [6.07, 6.45) is 4.31. The molecule has 0 bridgehead atoms. The zero-order chi connectivity index (χ0) is 14.4. The van der Waals surface area contributed by atoms with Crippen LogP contribution >= 0.6 is 0 Å². The number of hydrogen-bond donors (Lipinski definition) is 0. The van der Waals surface area contributed by atoms with E-state index < -0.39 is 0 Å². The van der Waals surface area contributed by atoms with E-state index in [1.54, 1.807) is 12.2 Å². The molecule has 0 spiro atoms. The van der Waals surface area contributed by atoms with Gasteiger partial charge in [0.05, 0.1) is 12.2 Å². The lowest BCUT2D eigenvalue weighted by Gasteiger charge is -2.37. The van der Waals surface area contributed by atoms with Crippen LogP contribution in [0.3, 0.4) is 0 Å². The summed E-state index contributed by atoms with van der Waals surface area (Å²) in [5.41, 5.74) is -0.482. The van der Waals surface area contributed by atoms with Gasteiger partial charge in [-0.3, -0.25) is 0 Å². The third kappa shape index (κ3) is 6.06. The Morgan fingerprint density at radius 1 is 1.22 bits per heavy atom. The molecule has 0 aromatic rings. The lowest BCUT2D eigenvalue weighted by atomic mass is 9.83. The standard InChI is InChI=1S/C16H28O2/c1-9-11-17-15(5,6)12-13(3)16(7,8)18-14(4)10-2/h9-10,13H,1-2,4,11-12H2,3,5-8H3. The average molecular weight is 252 g/mol. The van der Waals surface area contributed by atoms with E-state index in [9.17, 15) is 0 Å². The summed E-state index contributed by atoms with van der Waals surface area (Å²) in [4.78, 5) is 0. The van der Waals surface area contributed by atoms with Crippen LogP contribution in [0.4, 0.5) is 0 Å². The first-order valence-electron chi connectivity index (χ1n) is 6.40. The maximum Gasteiger partial charge on any atom is 0.112 e. The lowest BCUT2D eigenvalue weighted by Crippen LogP contribution is -2.38. The van der Waals surface area contributed by atoms with Gasteiger partial charge in [-0.25, -0.2) is 0 Å². The third-order valence-corrected chi connectivity index (χ3v) is 3.20. The lowest BCUT2D eigenvalue weighted by molar-refractivity contribution is -0.0647. The summed E-state index contributed by atoms with van der Waals surface area (Å²) in [5.74, 6) is 0.936. The number of allylic oxidation sites excluding steroid dienone is 1. The highest BCUT2D eigenvalue weighted by Gasteiger charge is 2.33. The topological polar surface area (TPSA) is 18.5 Å². The molecule has 104 valence electrons. The molecule has 2 nitrogen and oxygen atoms in total. The van der Waals surface area contributed by atoms with E-state index in [0.29, 0.717) is 18.3 Å². The summed E-state index contributed by atoms with van der Waals surface area (Å²) in [6, 6.07) is 0. The molecule has 0 rings (SSSR count). The predicted octanol–water partition coefficient (Wildman–Crippen LogP) is 4.49. The quantitative estimate of drug-likeness (QED) is 0.342. The van der Waals surface area contributed by atoms with Crippen molar-refractivity contribution in [2.45, 2.75) is 52.2 Å². The Morgan fingerprint density at radius 3 is 2.22 bits per heavy atom. The minimum absolute atomic E-state index is 0.191. The summed E-state index contributed by atoms with van der Waals surface area (Å²) >= 11 is 0. The van der Waals surface area contributed by atoms with Crippen molar-refractivity contribution < 1.29 is 9.47 Å². The molecule has 0 aliphatic carbocycles. The maximum atomic E-state index is 5.81. The van der Waals surface area contributed by atoms with Gasteiger partial charge in [0.15, 0.2) is 0 Å². The fourth-order valence-electron chi connectivity index (χ4n) is 1.81. The SMILES string of the molecule is C=CCOC(C)(C)CC(C)C(C)(C)OC(=C)C=C. The van der Waals surface area contributed by atoms with Gasteiger partial charge in [0.1, 0.15) is 11.4 Å². The van der Waals surface area contributed by atoms with Crippen LogP contribution in [0.1, 0.15) is 41.0 Å². The van der Waals surface area contributed by atoms with E-state index in [4.69, 9.17) is 9.47 Å². The minimum Gasteiger partial charge on any atom is -0.488 e. The molecule has 2 heteroatoms. The van der Waals surface area contributed by atoms with Crippen LogP contribution in [0.5, 0.6) is 0 Å². The van der Waals surface area contributed by atoms with Crippen LogP contribution in [0.2, 0.25) is 0 Å². The predicted molar refractivity (Wildman–Crippen MR) is 78.5 cm³/mol. The van der Waals surface area contributed by atoms with Crippen molar-refractivity contribution in [3.8, 4) is 0 Å². The largest absolute Gasteiger partial charge is 0.488 e. The minimum atomic E-state index is -0.292. The van der Waals surface area contributed by atoms with Crippen LogP contribution in [-0.2, 0) is 9.47 Å². The van der Waals surface area contributed by atoms with E-state index in [1.165, 1.54) is 0 Å². The zero-order valence-corrected chi connectivity index (χ0v) is 12.6. The summed E-state index contributed by atoms with van der Waals surface area (Å²) in [6.45, 7) is 22.2. The zero-order valence-electron chi connectivity index (χ0n) is 12.6. The highest BCUT2D eigenvalue weighted by atomic mass is 16.5. The van der Waals surface area contributed by atoms with Crippen molar-refractivity contribution >= 4 is 0 Å². The van der Waals surface area contributed by atoms with Crippen molar-refractivity contribution in [2.75, 3.05) is 6.61 Å². The Labute approximate surface area is 112 Å². The Hall–Kier alpha value is -1.02. The van der Waals surface area contributed by atoms with E-state index in [0.717, 1.165) is 6.42 Å². The Morgan fingerprint density at radius 2 is 1.78 bits per heavy atom. The van der Waals surface area contributed by atoms with Gasteiger partial charge in [-0.2, -0.15) is 0 Å². The molecular weight excluding hydrogens is 224 g/mol. The molecule has 0 saturated carbocycles. The summed E-state index contributed by atoms with van der Waals surface area (Å²) < 4.78 is 11.6. The van der Waals surface area contributed by atoms with Crippen molar-refractivity contribution in [1.82, 2.24) is 0 Å². The van der Waals surface area contributed by atoms with Crippen molar-refractivity contribution in [2.24, 2.45) is 5.92 Å². The molecule has 0 radical (unpaired) electrons. The molecule has 0 aliphatic rings. The molecule has 0 fully saturated rings. The molecular formula is C16H28O2. The molecule has 0 heterocycles. The second kappa shape index (κ2) is 6.79. The molecule has 0 saturated heterocycles. The molecule has 0 N–H and O–H groups in total. The number of hydrogen-bond acceptors (Lipinski definition) is 2. The van der Waals surface area contributed by atoms with Gasteiger partial charge in [0.2, 0.25) is 0 Å². The maximum absolute atomic E-state index is 5.81. The molecule has 0 amide bonds. The van der Waals surface area contributed by atoms with Gasteiger partial charge in [-0.1, -0.05) is 26.2 Å². The van der Waals surface area contributed by atoms with Gasteiger partial charge in [0.25, 0.3) is 0 Å². The fourth-order valence-corrected chi connectivity index (χ4v) is 1.81. The van der Waals surface area contributed by atoms with Crippen molar-refractivity contribution in [1.29, 1.82) is 0 Å². The second-order valence-corrected chi connectivity index (χ2v) is 5.84. The van der Waals surface area contributed by atoms with Gasteiger partial charge < -0.3 is 9.47 Å². The third-order valence-electron chi connectivity index (χ3n) is 3.20. The van der Waals surface area contributed by atoms with Crippen molar-refractivity contribution in [3.63, 3.8) is 0 Å². The van der Waals surface area contributed by atoms with Gasteiger partial charge >= 0.3 is 0 Å². The highest BCUT2D eigenvalue weighted by Crippen LogP contribution is 2.32. The molecule has 1 atom stereocenters. The average Bonchev–Trinajstić information content (AvgIpc) is 2.25. The van der Waals surface area contributed by atoms with Crippen LogP contribution in [0, 0.1) is 5.92 Å².